The lowest BCUT2D eigenvalue weighted by Gasteiger charge is -2.44. The van der Waals surface area contributed by atoms with E-state index in [0.717, 1.165) is 32.5 Å². The number of likely N-dealkylation sites (N-methyl/N-ethyl adjacent to an activating group) is 1. The average molecular weight is 238 g/mol. The third-order valence-corrected chi connectivity index (χ3v) is 4.82. The predicted octanol–water partition coefficient (Wildman–Crippen LogP) is 1.77. The predicted molar refractivity (Wildman–Crippen MR) is 70.1 cm³/mol. The van der Waals surface area contributed by atoms with E-state index >= 15 is 0 Å². The third kappa shape index (κ3) is 2.71. The van der Waals surface area contributed by atoms with Crippen molar-refractivity contribution in [2.45, 2.75) is 51.6 Å². The largest absolute Gasteiger partial charge is 0.303 e. The molecule has 0 amide bonds. The number of nitrogens with zero attached hydrogens (tertiary/aromatic N) is 2. The van der Waals surface area contributed by atoms with Gasteiger partial charge in [0.25, 0.3) is 0 Å². The Bertz CT molecular complexity index is 261. The van der Waals surface area contributed by atoms with Crippen LogP contribution in [0.3, 0.4) is 0 Å². The van der Waals surface area contributed by atoms with Crippen LogP contribution < -0.4 is 0 Å². The Morgan fingerprint density at radius 2 is 1.71 bits per heavy atom. The Balaban J connectivity index is 1.97. The smallest absolute Gasteiger partial charge is 0.127 e. The second-order valence-electron chi connectivity index (χ2n) is 6.24. The normalized spacial score (nSPS) is 35.0. The Morgan fingerprint density at radius 1 is 1.18 bits per heavy atom. The van der Waals surface area contributed by atoms with Gasteiger partial charge in [-0.3, -0.25) is 9.80 Å². The fourth-order valence-corrected chi connectivity index (χ4v) is 3.48. The average Bonchev–Trinajstić information content (AvgIpc) is 2.75. The molecule has 1 saturated carbocycles. The number of carbonyl (C=O) groups excluding carboxylic acids is 1. The Hall–Kier alpha value is -0.410. The molecule has 1 saturated heterocycles. The molecule has 0 aromatic rings. The quantitative estimate of drug-likeness (QED) is 0.700. The minimum Gasteiger partial charge on any atom is -0.303 e. The van der Waals surface area contributed by atoms with Crippen LogP contribution in [0, 0.1) is 5.41 Å². The van der Waals surface area contributed by atoms with Gasteiger partial charge in [-0.15, -0.1) is 0 Å². The van der Waals surface area contributed by atoms with Gasteiger partial charge in [0.2, 0.25) is 0 Å². The van der Waals surface area contributed by atoms with Crippen LogP contribution in [0.5, 0.6) is 0 Å². The first-order chi connectivity index (χ1) is 8.06. The van der Waals surface area contributed by atoms with E-state index in [4.69, 9.17) is 0 Å². The van der Waals surface area contributed by atoms with Gasteiger partial charge in [-0.2, -0.15) is 0 Å². The van der Waals surface area contributed by atoms with Gasteiger partial charge >= 0.3 is 0 Å². The van der Waals surface area contributed by atoms with Crippen LogP contribution in [0.2, 0.25) is 0 Å². The van der Waals surface area contributed by atoms with E-state index in [9.17, 15) is 4.79 Å². The zero-order valence-electron chi connectivity index (χ0n) is 11.5. The number of rotatable bonds is 3. The van der Waals surface area contributed by atoms with Gasteiger partial charge in [0.15, 0.2) is 0 Å². The molecule has 2 atom stereocenters. The molecule has 1 heterocycles. The topological polar surface area (TPSA) is 23.6 Å². The Labute approximate surface area is 105 Å². The lowest BCUT2D eigenvalue weighted by atomic mass is 9.87. The lowest BCUT2D eigenvalue weighted by molar-refractivity contribution is -0.117. The number of aldehydes is 1. The molecule has 1 aliphatic heterocycles. The molecule has 3 heteroatoms. The van der Waals surface area contributed by atoms with Gasteiger partial charge in [-0.1, -0.05) is 12.8 Å². The third-order valence-electron chi connectivity index (χ3n) is 4.82. The van der Waals surface area contributed by atoms with E-state index in [-0.39, 0.29) is 5.41 Å². The van der Waals surface area contributed by atoms with Gasteiger partial charge in [-0.05, 0) is 33.7 Å². The molecule has 17 heavy (non-hydrogen) atoms. The maximum absolute atomic E-state index is 11.4. The number of carbonyl (C=O) groups is 1. The molecule has 0 aromatic heterocycles. The summed E-state index contributed by atoms with van der Waals surface area (Å²) in [6.45, 7) is 7.77. The van der Waals surface area contributed by atoms with Crippen LogP contribution in [0.4, 0.5) is 0 Å². The molecule has 0 spiro atoms. The highest BCUT2D eigenvalue weighted by molar-refractivity contribution is 5.60. The van der Waals surface area contributed by atoms with Crippen molar-refractivity contribution in [2.75, 3.05) is 26.7 Å². The summed E-state index contributed by atoms with van der Waals surface area (Å²) < 4.78 is 0. The first-order valence-electron chi connectivity index (χ1n) is 6.97. The molecule has 3 nitrogen and oxygen atoms in total. The van der Waals surface area contributed by atoms with E-state index in [2.05, 4.69) is 30.7 Å². The van der Waals surface area contributed by atoms with E-state index < -0.39 is 0 Å². The fourth-order valence-electron chi connectivity index (χ4n) is 3.48. The van der Waals surface area contributed by atoms with Crippen LogP contribution >= 0.6 is 0 Å². The number of piperazine rings is 1. The highest BCUT2D eigenvalue weighted by Gasteiger charge is 2.37. The second-order valence-corrected chi connectivity index (χ2v) is 6.24. The molecule has 0 aromatic carbocycles. The minimum atomic E-state index is -0.0185. The summed E-state index contributed by atoms with van der Waals surface area (Å²) in [4.78, 5) is 16.3. The molecule has 2 fully saturated rings. The summed E-state index contributed by atoms with van der Waals surface area (Å²) in [7, 11) is 2.21. The monoisotopic (exact) mass is 238 g/mol. The lowest BCUT2D eigenvalue weighted by Crippen LogP contribution is -2.56. The Morgan fingerprint density at radius 3 is 2.18 bits per heavy atom. The van der Waals surface area contributed by atoms with E-state index in [1.165, 1.54) is 19.1 Å². The van der Waals surface area contributed by atoms with Gasteiger partial charge in [0.05, 0.1) is 0 Å². The standard InChI is InChI=1S/C14H26N2O/c1-12-8-16(9-13(2)15(12)3)10-14(11-17)6-4-5-7-14/h11-13H,4-10H2,1-3H3. The maximum atomic E-state index is 11.4. The van der Waals surface area contributed by atoms with E-state index in [0.29, 0.717) is 12.1 Å². The number of hydrogen-bond donors (Lipinski definition) is 0. The molecule has 0 bridgehead atoms. The molecule has 2 aliphatic rings. The molecule has 0 radical (unpaired) electrons. The summed E-state index contributed by atoms with van der Waals surface area (Å²) >= 11 is 0. The van der Waals surface area contributed by atoms with E-state index in [1.54, 1.807) is 0 Å². The zero-order valence-corrected chi connectivity index (χ0v) is 11.5. The first kappa shape index (κ1) is 13.0. The fraction of sp³-hybridized carbons (Fsp3) is 0.929. The van der Waals surface area contributed by atoms with Crippen molar-refractivity contribution < 1.29 is 4.79 Å². The molecule has 2 unspecified atom stereocenters. The highest BCUT2D eigenvalue weighted by Crippen LogP contribution is 2.37. The zero-order chi connectivity index (χ0) is 12.5. The van der Waals surface area contributed by atoms with Crippen molar-refractivity contribution in [1.29, 1.82) is 0 Å². The maximum Gasteiger partial charge on any atom is 0.127 e. The van der Waals surface area contributed by atoms with Crippen LogP contribution in [0.15, 0.2) is 0 Å². The SMILES string of the molecule is CC1CN(CC2(C=O)CCCC2)CC(C)N1C. The number of hydrogen-bond acceptors (Lipinski definition) is 3. The van der Waals surface area contributed by atoms with Gasteiger partial charge in [0, 0.05) is 37.1 Å². The molecular weight excluding hydrogens is 212 g/mol. The summed E-state index contributed by atoms with van der Waals surface area (Å²) in [6.07, 6.45) is 5.92. The molecule has 1 aliphatic carbocycles. The minimum absolute atomic E-state index is 0.0185. The van der Waals surface area contributed by atoms with Crippen LogP contribution in [-0.4, -0.2) is 54.9 Å². The molecule has 2 rings (SSSR count). The van der Waals surface area contributed by atoms with E-state index in [1.807, 2.05) is 0 Å². The summed E-state index contributed by atoms with van der Waals surface area (Å²) in [5, 5.41) is 0. The molecule has 98 valence electrons. The Kier molecular flexibility index (Phi) is 3.88. The van der Waals surface area contributed by atoms with Crippen molar-refractivity contribution >= 4 is 6.29 Å². The van der Waals surface area contributed by atoms with Crippen molar-refractivity contribution in [3.63, 3.8) is 0 Å². The van der Waals surface area contributed by atoms with Crippen LogP contribution in [0.1, 0.15) is 39.5 Å². The van der Waals surface area contributed by atoms with Crippen LogP contribution in [0.25, 0.3) is 0 Å². The van der Waals surface area contributed by atoms with Crippen molar-refractivity contribution in [1.82, 2.24) is 9.80 Å². The summed E-state index contributed by atoms with van der Waals surface area (Å²) in [5.41, 5.74) is -0.0185. The first-order valence-corrected chi connectivity index (χ1v) is 6.97. The molecule has 0 N–H and O–H groups in total. The second kappa shape index (κ2) is 5.07. The van der Waals surface area contributed by atoms with Crippen LogP contribution in [-0.2, 0) is 4.79 Å². The van der Waals surface area contributed by atoms with Crippen molar-refractivity contribution in [3.8, 4) is 0 Å². The molecular formula is C14H26N2O. The van der Waals surface area contributed by atoms with Gasteiger partial charge in [-0.25, -0.2) is 0 Å². The van der Waals surface area contributed by atoms with Gasteiger partial charge < -0.3 is 4.79 Å². The van der Waals surface area contributed by atoms with Gasteiger partial charge in [0.1, 0.15) is 6.29 Å². The van der Waals surface area contributed by atoms with Crippen molar-refractivity contribution in [3.05, 3.63) is 0 Å². The van der Waals surface area contributed by atoms with Crippen molar-refractivity contribution in [2.24, 2.45) is 5.41 Å². The summed E-state index contributed by atoms with van der Waals surface area (Å²) in [6, 6.07) is 1.20. The highest BCUT2D eigenvalue weighted by atomic mass is 16.1. The summed E-state index contributed by atoms with van der Waals surface area (Å²) in [5.74, 6) is 0.